The Morgan fingerprint density at radius 1 is 1.40 bits per heavy atom. The lowest BCUT2D eigenvalue weighted by Gasteiger charge is -2.28. The van der Waals surface area contributed by atoms with Crippen molar-refractivity contribution in [3.63, 3.8) is 0 Å². The van der Waals surface area contributed by atoms with Crippen LogP contribution in [0.25, 0.3) is 0 Å². The van der Waals surface area contributed by atoms with Gasteiger partial charge in [0.1, 0.15) is 11.4 Å². The molecule has 0 aromatic carbocycles. The van der Waals surface area contributed by atoms with E-state index in [9.17, 15) is 4.79 Å². The molecule has 1 aliphatic heterocycles. The summed E-state index contributed by atoms with van der Waals surface area (Å²) in [5.41, 5.74) is 0.717. The molecule has 2 heterocycles. The number of nitrogens with zero attached hydrogens (tertiary/aromatic N) is 3. The zero-order valence-corrected chi connectivity index (χ0v) is 16.6. The van der Waals surface area contributed by atoms with Crippen molar-refractivity contribution in [2.45, 2.75) is 66.0 Å². The molecule has 5 nitrogen and oxygen atoms in total. The first kappa shape index (κ1) is 19.7. The van der Waals surface area contributed by atoms with Crippen molar-refractivity contribution in [3.8, 4) is 0 Å². The number of hydrogen-bond donors (Lipinski definition) is 0. The van der Waals surface area contributed by atoms with Gasteiger partial charge in [-0.15, -0.1) is 0 Å². The second-order valence-electron chi connectivity index (χ2n) is 8.22. The number of rotatable bonds is 5. The molecule has 0 aliphatic carbocycles. The topological polar surface area (TPSA) is 45.7 Å². The molecule has 1 fully saturated rings. The van der Waals surface area contributed by atoms with Gasteiger partial charge in [0.05, 0.1) is 0 Å². The number of ether oxygens (including phenoxy) is 1. The zero-order chi connectivity index (χ0) is 18.6. The predicted molar refractivity (Wildman–Crippen MR) is 102 cm³/mol. The second kappa shape index (κ2) is 8.17. The number of hydrogen-bond acceptors (Lipinski definition) is 4. The molecule has 2 rings (SSSR count). The Kier molecular flexibility index (Phi) is 6.44. The molecule has 0 saturated carbocycles. The Balaban J connectivity index is 2.18. The zero-order valence-electron chi connectivity index (χ0n) is 16.6. The highest BCUT2D eigenvalue weighted by molar-refractivity contribution is 5.86. The van der Waals surface area contributed by atoms with E-state index >= 15 is 0 Å². The summed E-state index contributed by atoms with van der Waals surface area (Å²) in [5.74, 6) is 0.993. The van der Waals surface area contributed by atoms with Crippen molar-refractivity contribution in [1.82, 2.24) is 9.88 Å². The number of likely N-dealkylation sites (tertiary alicyclic amines) is 1. The van der Waals surface area contributed by atoms with Crippen LogP contribution in [0.3, 0.4) is 0 Å². The van der Waals surface area contributed by atoms with Crippen molar-refractivity contribution >= 4 is 11.9 Å². The lowest BCUT2D eigenvalue weighted by atomic mass is 10.1. The van der Waals surface area contributed by atoms with Crippen LogP contribution < -0.4 is 4.90 Å². The van der Waals surface area contributed by atoms with E-state index in [1.54, 1.807) is 4.90 Å². The van der Waals surface area contributed by atoms with Crippen LogP contribution in [-0.2, 0) is 4.74 Å². The maximum Gasteiger partial charge on any atom is 0.416 e. The van der Waals surface area contributed by atoms with Crippen molar-refractivity contribution in [2.24, 2.45) is 5.92 Å². The van der Waals surface area contributed by atoms with Gasteiger partial charge >= 0.3 is 6.09 Å². The summed E-state index contributed by atoms with van der Waals surface area (Å²) >= 11 is 0. The van der Waals surface area contributed by atoms with Gasteiger partial charge in [-0.1, -0.05) is 26.8 Å². The van der Waals surface area contributed by atoms with E-state index in [2.05, 4.69) is 36.7 Å². The van der Waals surface area contributed by atoms with Crippen LogP contribution in [0.4, 0.5) is 10.6 Å². The van der Waals surface area contributed by atoms with Crippen molar-refractivity contribution in [3.05, 3.63) is 23.9 Å². The summed E-state index contributed by atoms with van der Waals surface area (Å²) in [5, 5.41) is 0. The van der Waals surface area contributed by atoms with E-state index in [1.165, 1.54) is 18.4 Å². The largest absolute Gasteiger partial charge is 0.443 e. The average Bonchev–Trinajstić information content (AvgIpc) is 2.99. The molecular formula is C20H33N3O2. The van der Waals surface area contributed by atoms with Gasteiger partial charge in [0.15, 0.2) is 0 Å². The molecule has 5 heteroatoms. The molecule has 140 valence electrons. The Bertz CT molecular complexity index is 563. The van der Waals surface area contributed by atoms with E-state index in [0.29, 0.717) is 24.3 Å². The van der Waals surface area contributed by atoms with Gasteiger partial charge in [-0.3, -0.25) is 9.80 Å². The first-order valence-corrected chi connectivity index (χ1v) is 9.41. The third-order valence-electron chi connectivity index (χ3n) is 4.36. The van der Waals surface area contributed by atoms with Crippen LogP contribution in [0.1, 0.15) is 66.0 Å². The fraction of sp³-hybridized carbons (Fsp3) is 0.700. The molecule has 1 aromatic heterocycles. The van der Waals surface area contributed by atoms with Crippen LogP contribution in [-0.4, -0.2) is 41.2 Å². The lowest BCUT2D eigenvalue weighted by Crippen LogP contribution is -2.39. The van der Waals surface area contributed by atoms with E-state index < -0.39 is 5.60 Å². The fourth-order valence-corrected chi connectivity index (χ4v) is 3.28. The molecular weight excluding hydrogens is 314 g/mol. The van der Waals surface area contributed by atoms with E-state index in [4.69, 9.17) is 4.74 Å². The summed E-state index contributed by atoms with van der Waals surface area (Å²) in [7, 11) is 0. The second-order valence-corrected chi connectivity index (χ2v) is 8.22. The minimum atomic E-state index is -0.516. The predicted octanol–water partition coefficient (Wildman–Crippen LogP) is 4.64. The van der Waals surface area contributed by atoms with Crippen molar-refractivity contribution < 1.29 is 9.53 Å². The number of carbonyl (C=O) groups is 1. The lowest BCUT2D eigenvalue weighted by molar-refractivity contribution is 0.0575. The third-order valence-corrected chi connectivity index (χ3v) is 4.36. The van der Waals surface area contributed by atoms with Crippen LogP contribution in [0.2, 0.25) is 0 Å². The highest BCUT2D eigenvalue weighted by atomic mass is 16.6. The van der Waals surface area contributed by atoms with Crippen LogP contribution in [0.15, 0.2) is 18.3 Å². The fourth-order valence-electron chi connectivity index (χ4n) is 3.28. The SMILES string of the molecule is CCN1CCC[C@@H]1c1ccc(N(CC(C)C)C(=O)OC(C)(C)C)nc1. The Morgan fingerprint density at radius 3 is 2.64 bits per heavy atom. The molecule has 0 N–H and O–H groups in total. The molecule has 0 radical (unpaired) electrons. The molecule has 25 heavy (non-hydrogen) atoms. The summed E-state index contributed by atoms with van der Waals surface area (Å²) < 4.78 is 5.56. The van der Waals surface area contributed by atoms with Crippen LogP contribution in [0, 0.1) is 5.92 Å². The van der Waals surface area contributed by atoms with Gasteiger partial charge in [-0.2, -0.15) is 0 Å². The minimum Gasteiger partial charge on any atom is -0.443 e. The van der Waals surface area contributed by atoms with Gasteiger partial charge in [0.25, 0.3) is 0 Å². The number of amides is 1. The average molecular weight is 348 g/mol. The molecule has 0 bridgehead atoms. The number of aromatic nitrogens is 1. The summed E-state index contributed by atoms with van der Waals surface area (Å²) in [6.45, 7) is 14.8. The summed E-state index contributed by atoms with van der Waals surface area (Å²) in [6, 6.07) is 4.51. The van der Waals surface area contributed by atoms with E-state index in [0.717, 1.165) is 13.1 Å². The minimum absolute atomic E-state index is 0.333. The summed E-state index contributed by atoms with van der Waals surface area (Å²) in [6.07, 6.45) is 4.00. The monoisotopic (exact) mass is 347 g/mol. The van der Waals surface area contributed by atoms with Crippen molar-refractivity contribution in [1.29, 1.82) is 0 Å². The Hall–Kier alpha value is -1.62. The maximum atomic E-state index is 12.6. The number of pyridine rings is 1. The quantitative estimate of drug-likeness (QED) is 0.778. The number of carbonyl (C=O) groups excluding carboxylic acids is 1. The van der Waals surface area contributed by atoms with Gasteiger partial charge < -0.3 is 4.74 Å². The van der Waals surface area contributed by atoms with Crippen LogP contribution >= 0.6 is 0 Å². The van der Waals surface area contributed by atoms with Gasteiger partial charge in [0, 0.05) is 18.8 Å². The third kappa shape index (κ3) is 5.43. The molecule has 1 aromatic rings. The molecule has 1 saturated heterocycles. The Labute approximate surface area is 152 Å². The van der Waals surface area contributed by atoms with Gasteiger partial charge in [-0.25, -0.2) is 9.78 Å². The molecule has 1 aliphatic rings. The van der Waals surface area contributed by atoms with Crippen LogP contribution in [0.5, 0.6) is 0 Å². The molecule has 1 atom stereocenters. The molecule has 0 unspecified atom stereocenters. The highest BCUT2D eigenvalue weighted by Crippen LogP contribution is 2.31. The maximum absolute atomic E-state index is 12.6. The number of anilines is 1. The highest BCUT2D eigenvalue weighted by Gasteiger charge is 2.27. The van der Waals surface area contributed by atoms with E-state index in [1.807, 2.05) is 33.0 Å². The smallest absolute Gasteiger partial charge is 0.416 e. The molecule has 1 amide bonds. The van der Waals surface area contributed by atoms with Gasteiger partial charge in [-0.05, 0) is 64.3 Å². The van der Waals surface area contributed by atoms with Gasteiger partial charge in [0.2, 0.25) is 0 Å². The molecule has 0 spiro atoms. The first-order valence-electron chi connectivity index (χ1n) is 9.41. The normalized spacial score (nSPS) is 18.6. The standard InChI is InChI=1S/C20H33N3O2/c1-7-22-12-8-9-17(22)16-10-11-18(21-13-16)23(14-15(2)3)19(24)25-20(4,5)6/h10-11,13,15,17H,7-9,12,14H2,1-6H3/t17-/m1/s1. The van der Waals surface area contributed by atoms with Crippen molar-refractivity contribution in [2.75, 3.05) is 24.5 Å². The van der Waals surface area contributed by atoms with E-state index in [-0.39, 0.29) is 6.09 Å². The Morgan fingerprint density at radius 2 is 2.12 bits per heavy atom. The summed E-state index contributed by atoms with van der Waals surface area (Å²) in [4.78, 5) is 21.3. The first-order chi connectivity index (χ1) is 11.7.